The molecule has 140 valence electrons. The molecule has 3 amide bonds. The summed E-state index contributed by atoms with van der Waals surface area (Å²) in [5, 5.41) is 2.95. The third-order valence-corrected chi connectivity index (χ3v) is 5.68. The minimum absolute atomic E-state index is 0.113. The third-order valence-electron chi connectivity index (χ3n) is 4.47. The Morgan fingerprint density at radius 3 is 2.52 bits per heavy atom. The number of halogens is 2. The zero-order valence-corrected chi connectivity index (χ0v) is 17.8. The van der Waals surface area contributed by atoms with Crippen LogP contribution >= 0.6 is 31.9 Å². The number of hydrogen-bond acceptors (Lipinski definition) is 3. The van der Waals surface area contributed by atoms with Crippen molar-refractivity contribution >= 4 is 49.6 Å². The quantitative estimate of drug-likeness (QED) is 0.604. The number of fused-ring (bicyclic) bond motifs is 1. The fraction of sp³-hybridized carbons (Fsp3) is 0.250. The Bertz CT molecular complexity index is 914. The molecule has 0 fully saturated rings. The van der Waals surface area contributed by atoms with Crippen LogP contribution in [0.1, 0.15) is 52.1 Å². The van der Waals surface area contributed by atoms with Crippen LogP contribution in [0, 0.1) is 0 Å². The predicted molar refractivity (Wildman–Crippen MR) is 109 cm³/mol. The first-order valence-electron chi connectivity index (χ1n) is 8.58. The maximum Gasteiger partial charge on any atom is 0.261 e. The summed E-state index contributed by atoms with van der Waals surface area (Å²) in [6.07, 6.45) is 0.660. The van der Waals surface area contributed by atoms with E-state index in [0.29, 0.717) is 17.5 Å². The topological polar surface area (TPSA) is 66.5 Å². The smallest absolute Gasteiger partial charge is 0.261 e. The second-order valence-electron chi connectivity index (χ2n) is 6.37. The van der Waals surface area contributed by atoms with Gasteiger partial charge in [-0.1, -0.05) is 50.1 Å². The molecule has 1 N–H and O–H groups in total. The van der Waals surface area contributed by atoms with Gasteiger partial charge in [0.15, 0.2) is 0 Å². The summed E-state index contributed by atoms with van der Waals surface area (Å²) >= 11 is 6.79. The van der Waals surface area contributed by atoms with Crippen LogP contribution in [0.3, 0.4) is 0 Å². The number of nitrogens with zero attached hydrogens (tertiary/aromatic N) is 1. The summed E-state index contributed by atoms with van der Waals surface area (Å²) in [6.45, 7) is 2.14. The molecular formula is C20H18Br2N2O3. The molecule has 0 bridgehead atoms. The second kappa shape index (κ2) is 8.35. The van der Waals surface area contributed by atoms with Gasteiger partial charge in [0.1, 0.15) is 0 Å². The first-order valence-corrected chi connectivity index (χ1v) is 10.2. The SMILES string of the molecule is CC(NC(=O)CCCN1C(=O)c2ccc(Br)cc2C1=O)c1ccccc1Br. The van der Waals surface area contributed by atoms with Crippen LogP contribution in [0.5, 0.6) is 0 Å². The number of nitrogens with one attached hydrogen (secondary N) is 1. The number of amides is 3. The highest BCUT2D eigenvalue weighted by Gasteiger charge is 2.35. The molecular weight excluding hydrogens is 476 g/mol. The van der Waals surface area contributed by atoms with Gasteiger partial charge >= 0.3 is 0 Å². The number of imide groups is 1. The van der Waals surface area contributed by atoms with Crippen molar-refractivity contribution in [3.63, 3.8) is 0 Å². The molecule has 1 aliphatic heterocycles. The number of carbonyl (C=O) groups excluding carboxylic acids is 3. The maximum atomic E-state index is 12.4. The van der Waals surface area contributed by atoms with E-state index in [2.05, 4.69) is 37.2 Å². The molecule has 0 saturated heterocycles. The van der Waals surface area contributed by atoms with Gasteiger partial charge in [-0.25, -0.2) is 0 Å². The van der Waals surface area contributed by atoms with E-state index in [4.69, 9.17) is 0 Å². The Morgan fingerprint density at radius 1 is 1.07 bits per heavy atom. The summed E-state index contributed by atoms with van der Waals surface area (Å²) in [7, 11) is 0. The van der Waals surface area contributed by atoms with E-state index in [1.807, 2.05) is 31.2 Å². The number of rotatable bonds is 6. The normalized spacial score (nSPS) is 14.3. The van der Waals surface area contributed by atoms with Crippen molar-refractivity contribution in [1.29, 1.82) is 0 Å². The Balaban J connectivity index is 1.53. The first kappa shape index (κ1) is 19.8. The van der Waals surface area contributed by atoms with Crippen LogP contribution < -0.4 is 5.32 Å². The van der Waals surface area contributed by atoms with Gasteiger partial charge in [-0.15, -0.1) is 0 Å². The van der Waals surface area contributed by atoms with E-state index in [0.717, 1.165) is 14.5 Å². The summed E-state index contributed by atoms with van der Waals surface area (Å²) in [6, 6.07) is 12.6. The Kier molecular flexibility index (Phi) is 6.11. The summed E-state index contributed by atoms with van der Waals surface area (Å²) in [5.74, 6) is -0.722. The van der Waals surface area contributed by atoms with Gasteiger partial charge in [0, 0.05) is 21.9 Å². The molecule has 2 aromatic carbocycles. The van der Waals surface area contributed by atoms with Crippen LogP contribution in [0.15, 0.2) is 51.4 Å². The minimum Gasteiger partial charge on any atom is -0.350 e. The van der Waals surface area contributed by atoms with Crippen LogP contribution in [0.2, 0.25) is 0 Å². The Labute approximate surface area is 174 Å². The molecule has 2 aromatic rings. The lowest BCUT2D eigenvalue weighted by Crippen LogP contribution is -2.32. The van der Waals surface area contributed by atoms with E-state index in [1.54, 1.807) is 18.2 Å². The predicted octanol–water partition coefficient (Wildman–Crippen LogP) is 4.47. The Hall–Kier alpha value is -1.99. The lowest BCUT2D eigenvalue weighted by molar-refractivity contribution is -0.121. The van der Waals surface area contributed by atoms with Gasteiger partial charge in [0.2, 0.25) is 5.91 Å². The molecule has 1 heterocycles. The van der Waals surface area contributed by atoms with Crippen LogP contribution in [0.25, 0.3) is 0 Å². The van der Waals surface area contributed by atoms with Crippen molar-refractivity contribution in [3.05, 3.63) is 68.1 Å². The Morgan fingerprint density at radius 2 is 1.78 bits per heavy atom. The molecule has 1 aliphatic rings. The fourth-order valence-corrected chi connectivity index (χ4v) is 4.07. The van der Waals surface area contributed by atoms with Gasteiger partial charge in [-0.3, -0.25) is 19.3 Å². The van der Waals surface area contributed by atoms with Gasteiger partial charge in [-0.05, 0) is 43.2 Å². The lowest BCUT2D eigenvalue weighted by atomic mass is 10.1. The first-order chi connectivity index (χ1) is 12.9. The van der Waals surface area contributed by atoms with Crippen molar-refractivity contribution in [3.8, 4) is 0 Å². The zero-order chi connectivity index (χ0) is 19.6. The van der Waals surface area contributed by atoms with Crippen molar-refractivity contribution < 1.29 is 14.4 Å². The summed E-state index contributed by atoms with van der Waals surface area (Å²) in [4.78, 5) is 38.2. The highest BCUT2D eigenvalue weighted by Crippen LogP contribution is 2.26. The van der Waals surface area contributed by atoms with Crippen molar-refractivity contribution in [2.45, 2.75) is 25.8 Å². The average molecular weight is 494 g/mol. The molecule has 5 nitrogen and oxygen atoms in total. The van der Waals surface area contributed by atoms with Crippen LogP contribution in [0.4, 0.5) is 0 Å². The number of benzene rings is 2. The van der Waals surface area contributed by atoms with Gasteiger partial charge in [-0.2, -0.15) is 0 Å². The van der Waals surface area contributed by atoms with E-state index in [9.17, 15) is 14.4 Å². The molecule has 0 saturated carbocycles. The molecule has 1 unspecified atom stereocenters. The van der Waals surface area contributed by atoms with Gasteiger partial charge in [0.25, 0.3) is 11.8 Å². The van der Waals surface area contributed by atoms with Gasteiger partial charge in [0.05, 0.1) is 17.2 Å². The molecule has 3 rings (SSSR count). The molecule has 0 radical (unpaired) electrons. The summed E-state index contributed by atoms with van der Waals surface area (Å²) in [5.41, 5.74) is 1.81. The maximum absolute atomic E-state index is 12.4. The van der Waals surface area contributed by atoms with E-state index in [-0.39, 0.29) is 36.7 Å². The van der Waals surface area contributed by atoms with Gasteiger partial charge < -0.3 is 5.32 Å². The largest absolute Gasteiger partial charge is 0.350 e. The van der Waals surface area contributed by atoms with Crippen LogP contribution in [-0.2, 0) is 4.79 Å². The monoisotopic (exact) mass is 492 g/mol. The second-order valence-corrected chi connectivity index (χ2v) is 8.14. The molecule has 1 atom stereocenters. The van der Waals surface area contributed by atoms with Crippen molar-refractivity contribution in [2.75, 3.05) is 6.54 Å². The fourth-order valence-electron chi connectivity index (χ4n) is 3.08. The number of carbonyl (C=O) groups is 3. The highest BCUT2D eigenvalue weighted by molar-refractivity contribution is 9.10. The molecule has 27 heavy (non-hydrogen) atoms. The average Bonchev–Trinajstić information content (AvgIpc) is 2.86. The third kappa shape index (κ3) is 4.30. The number of hydrogen-bond donors (Lipinski definition) is 1. The van der Waals surface area contributed by atoms with Crippen molar-refractivity contribution in [2.24, 2.45) is 0 Å². The standard InChI is InChI=1S/C20H18Br2N2O3/c1-12(14-5-2-3-6-17(14)22)23-18(25)7-4-10-24-19(26)15-9-8-13(21)11-16(15)20(24)27/h2-3,5-6,8-9,11-12H,4,7,10H2,1H3,(H,23,25). The van der Waals surface area contributed by atoms with E-state index in [1.165, 1.54) is 4.90 Å². The molecule has 7 heteroatoms. The summed E-state index contributed by atoms with van der Waals surface area (Å²) < 4.78 is 1.69. The lowest BCUT2D eigenvalue weighted by Gasteiger charge is -2.17. The zero-order valence-electron chi connectivity index (χ0n) is 14.7. The van der Waals surface area contributed by atoms with E-state index >= 15 is 0 Å². The minimum atomic E-state index is -0.307. The highest BCUT2D eigenvalue weighted by atomic mass is 79.9. The molecule has 0 aliphatic carbocycles. The van der Waals surface area contributed by atoms with E-state index < -0.39 is 0 Å². The molecule has 0 aromatic heterocycles. The van der Waals surface area contributed by atoms with Crippen LogP contribution in [-0.4, -0.2) is 29.2 Å². The molecule has 0 spiro atoms. The van der Waals surface area contributed by atoms with Crippen molar-refractivity contribution in [1.82, 2.24) is 10.2 Å².